The Hall–Kier alpha value is -1.81. The maximum atomic E-state index is 12.7. The topological polar surface area (TPSA) is 129 Å². The molecule has 0 aliphatic rings. The first-order valence-corrected chi connectivity index (χ1v) is 27.3. The molecule has 0 aliphatic carbocycles. The summed E-state index contributed by atoms with van der Waals surface area (Å²) < 4.78 is 34.3. The lowest BCUT2D eigenvalue weighted by molar-refractivity contribution is -0.870. The molecular formula is C52H99NO9P+. The molecule has 0 amide bonds. The van der Waals surface area contributed by atoms with Gasteiger partial charge >= 0.3 is 19.8 Å². The second-order valence-corrected chi connectivity index (χ2v) is 20.2. The summed E-state index contributed by atoms with van der Waals surface area (Å²) in [6.45, 7) is 4.23. The van der Waals surface area contributed by atoms with Gasteiger partial charge in [0.05, 0.1) is 33.9 Å². The van der Waals surface area contributed by atoms with E-state index in [9.17, 15) is 24.2 Å². The van der Waals surface area contributed by atoms with Crippen molar-refractivity contribution < 1.29 is 47.2 Å². The molecule has 0 aromatic rings. The number of hydrogen-bond donors (Lipinski definition) is 2. The fraction of sp³-hybridized carbons (Fsp3) is 0.846. The normalized spacial score (nSPS) is 14.2. The first-order valence-electron chi connectivity index (χ1n) is 25.8. The molecule has 2 N–H and O–H groups in total. The van der Waals surface area contributed by atoms with Gasteiger partial charge in [0.25, 0.3) is 0 Å². The smallest absolute Gasteiger partial charge is 0.462 e. The predicted molar refractivity (Wildman–Crippen MR) is 263 cm³/mol. The van der Waals surface area contributed by atoms with E-state index >= 15 is 0 Å². The van der Waals surface area contributed by atoms with Crippen LogP contribution in [0.2, 0.25) is 0 Å². The lowest BCUT2D eigenvalue weighted by Gasteiger charge is -2.24. The molecule has 0 saturated heterocycles. The van der Waals surface area contributed by atoms with Crippen molar-refractivity contribution in [2.24, 2.45) is 0 Å². The van der Waals surface area contributed by atoms with E-state index in [-0.39, 0.29) is 26.1 Å². The third-order valence-corrected chi connectivity index (χ3v) is 12.3. The second kappa shape index (κ2) is 44.0. The molecule has 63 heavy (non-hydrogen) atoms. The van der Waals surface area contributed by atoms with Gasteiger partial charge in [0.15, 0.2) is 6.10 Å². The zero-order valence-electron chi connectivity index (χ0n) is 41.4. The van der Waals surface area contributed by atoms with Gasteiger partial charge in [-0.25, -0.2) is 4.57 Å². The van der Waals surface area contributed by atoms with Gasteiger partial charge in [-0.1, -0.05) is 211 Å². The van der Waals surface area contributed by atoms with Crippen LogP contribution in [0.1, 0.15) is 226 Å². The fourth-order valence-electron chi connectivity index (χ4n) is 7.20. The van der Waals surface area contributed by atoms with E-state index in [2.05, 4.69) is 26.0 Å². The number of rotatable bonds is 47. The van der Waals surface area contributed by atoms with Crippen LogP contribution in [-0.4, -0.2) is 86.1 Å². The van der Waals surface area contributed by atoms with Gasteiger partial charge in [0.1, 0.15) is 19.8 Å². The highest BCUT2D eigenvalue weighted by molar-refractivity contribution is 7.47. The van der Waals surface area contributed by atoms with Crippen LogP contribution in [0.25, 0.3) is 0 Å². The van der Waals surface area contributed by atoms with Crippen molar-refractivity contribution >= 4 is 19.8 Å². The van der Waals surface area contributed by atoms with Crippen molar-refractivity contribution in [2.45, 2.75) is 238 Å². The Morgan fingerprint density at radius 3 is 1.56 bits per heavy atom. The van der Waals surface area contributed by atoms with Gasteiger partial charge in [-0.15, -0.1) is 0 Å². The van der Waals surface area contributed by atoms with Crippen molar-refractivity contribution in [1.29, 1.82) is 0 Å². The number of esters is 2. The molecule has 2 unspecified atom stereocenters. The highest BCUT2D eigenvalue weighted by Crippen LogP contribution is 2.43. The van der Waals surface area contributed by atoms with Crippen molar-refractivity contribution in [2.75, 3.05) is 47.5 Å². The van der Waals surface area contributed by atoms with Crippen LogP contribution in [0.15, 0.2) is 36.5 Å². The molecule has 11 heteroatoms. The van der Waals surface area contributed by atoms with Crippen molar-refractivity contribution in [1.82, 2.24) is 0 Å². The average molecular weight is 913 g/mol. The lowest BCUT2D eigenvalue weighted by atomic mass is 10.0. The summed E-state index contributed by atoms with van der Waals surface area (Å²) in [5, 5.41) is 10.4. The number of allylic oxidation sites excluding steroid dienone is 5. The number of phosphoric acid groups is 1. The third-order valence-electron chi connectivity index (χ3n) is 11.3. The molecule has 0 spiro atoms. The van der Waals surface area contributed by atoms with Gasteiger partial charge < -0.3 is 24.0 Å². The Bertz CT molecular complexity index is 1180. The molecule has 0 aromatic carbocycles. The van der Waals surface area contributed by atoms with Crippen molar-refractivity contribution in [3.8, 4) is 0 Å². The summed E-state index contributed by atoms with van der Waals surface area (Å²) in [6.07, 6.45) is 48.0. The number of ether oxygens (including phenoxy) is 2. The van der Waals surface area contributed by atoms with E-state index < -0.39 is 38.6 Å². The first-order chi connectivity index (χ1) is 30.4. The quantitative estimate of drug-likeness (QED) is 0.0153. The molecule has 3 atom stereocenters. The third kappa shape index (κ3) is 48.0. The number of quaternary nitrogens is 1. The number of aliphatic hydroxyl groups excluding tert-OH is 1. The minimum Gasteiger partial charge on any atom is -0.462 e. The summed E-state index contributed by atoms with van der Waals surface area (Å²) in [4.78, 5) is 35.5. The van der Waals surface area contributed by atoms with E-state index in [1.54, 1.807) is 6.08 Å². The number of aliphatic hydroxyl groups is 1. The van der Waals surface area contributed by atoms with E-state index in [4.69, 9.17) is 18.5 Å². The first kappa shape index (κ1) is 61.2. The number of carbonyl (C=O) groups is 2. The molecule has 370 valence electrons. The second-order valence-electron chi connectivity index (χ2n) is 18.8. The summed E-state index contributed by atoms with van der Waals surface area (Å²) in [5.74, 6) is -0.986. The molecule has 0 saturated carbocycles. The van der Waals surface area contributed by atoms with E-state index in [1.165, 1.54) is 154 Å². The number of nitrogens with zero attached hydrogens (tertiary/aromatic N) is 1. The number of carbonyl (C=O) groups excluding carboxylic acids is 2. The van der Waals surface area contributed by atoms with Crippen LogP contribution >= 0.6 is 7.82 Å². The van der Waals surface area contributed by atoms with Gasteiger partial charge in [-0.2, -0.15) is 0 Å². The van der Waals surface area contributed by atoms with Crippen molar-refractivity contribution in [3.05, 3.63) is 36.5 Å². The highest BCUT2D eigenvalue weighted by Gasteiger charge is 2.27. The summed E-state index contributed by atoms with van der Waals surface area (Å²) in [6, 6.07) is 0. The predicted octanol–water partition coefficient (Wildman–Crippen LogP) is 14.2. The minimum atomic E-state index is -4.43. The zero-order valence-corrected chi connectivity index (χ0v) is 42.3. The van der Waals surface area contributed by atoms with Gasteiger partial charge in [-0.3, -0.25) is 18.6 Å². The molecule has 0 bridgehead atoms. The highest BCUT2D eigenvalue weighted by atomic mass is 31.2. The average Bonchev–Trinajstić information content (AvgIpc) is 3.23. The molecule has 0 radical (unpaired) electrons. The van der Waals surface area contributed by atoms with Gasteiger partial charge in [0, 0.05) is 12.8 Å². The molecule has 0 rings (SSSR count). The molecular weight excluding hydrogens is 814 g/mol. The molecule has 0 aromatic heterocycles. The minimum absolute atomic E-state index is 0.000846. The largest absolute Gasteiger partial charge is 0.472 e. The van der Waals surface area contributed by atoms with E-state index in [1.807, 2.05) is 39.4 Å². The standard InChI is InChI=1S/C52H98NO9P/c1-6-8-10-12-14-16-18-20-21-22-23-24-25-26-27-29-31-33-35-37-39-43-51(55)59-47-50(48-61-63(57,58)60-46-45-53(3,4)5)62-52(56)44-40-42-49(54)41-38-36-34-32-30-28-19-17-15-13-11-9-7-2/h28,30,34,36,38,41,49-50,54H,6-27,29,31-33,35,37,39-40,42-48H2,1-5H3/p+1/b30-28+,36-34+,41-38+/t49?,50-/m1/s1. The summed E-state index contributed by atoms with van der Waals surface area (Å²) >= 11 is 0. The van der Waals surface area contributed by atoms with Crippen molar-refractivity contribution in [3.63, 3.8) is 0 Å². The van der Waals surface area contributed by atoms with Crippen LogP contribution < -0.4 is 0 Å². The molecule has 0 aliphatic heterocycles. The van der Waals surface area contributed by atoms with E-state index in [0.717, 1.165) is 25.7 Å². The Morgan fingerprint density at radius 1 is 0.571 bits per heavy atom. The maximum absolute atomic E-state index is 12.7. The Labute approximate surface area is 387 Å². The van der Waals surface area contributed by atoms with Crippen LogP contribution in [0, 0.1) is 0 Å². The maximum Gasteiger partial charge on any atom is 0.472 e. The number of likely N-dealkylation sites (N-methyl/N-ethyl adjacent to an activating group) is 1. The Balaban J connectivity index is 4.37. The fourth-order valence-corrected chi connectivity index (χ4v) is 7.94. The SMILES string of the molecule is CCCCCCCC/C=C/C/C=C/C=C/C(O)CCCC(=O)O[C@H](COC(=O)CCCCCCCCCCCCCCCCCCCCCCC)COP(=O)(O)OCC[N+](C)(C)C. The molecule has 0 heterocycles. The lowest BCUT2D eigenvalue weighted by Crippen LogP contribution is -2.37. The van der Waals surface area contributed by atoms with Gasteiger partial charge in [0.2, 0.25) is 0 Å². The summed E-state index contributed by atoms with van der Waals surface area (Å²) in [7, 11) is 1.37. The summed E-state index contributed by atoms with van der Waals surface area (Å²) in [5.41, 5.74) is 0. The van der Waals surface area contributed by atoms with Crippen LogP contribution in [0.3, 0.4) is 0 Å². The zero-order chi connectivity index (χ0) is 46.5. The van der Waals surface area contributed by atoms with Crippen LogP contribution in [0.4, 0.5) is 0 Å². The number of unbranched alkanes of at least 4 members (excludes halogenated alkanes) is 26. The number of phosphoric ester groups is 1. The van der Waals surface area contributed by atoms with E-state index in [0.29, 0.717) is 30.3 Å². The van der Waals surface area contributed by atoms with Crippen LogP contribution in [0.5, 0.6) is 0 Å². The Kier molecular flexibility index (Phi) is 42.8. The molecule has 0 fully saturated rings. The van der Waals surface area contributed by atoms with Gasteiger partial charge in [-0.05, 0) is 38.5 Å². The molecule has 10 nitrogen and oxygen atoms in total. The monoisotopic (exact) mass is 913 g/mol. The number of hydrogen-bond acceptors (Lipinski definition) is 8. The Morgan fingerprint density at radius 2 is 1.05 bits per heavy atom. The van der Waals surface area contributed by atoms with Crippen LogP contribution in [-0.2, 0) is 32.7 Å².